The highest BCUT2D eigenvalue weighted by Gasteiger charge is 2.32. The Bertz CT molecular complexity index is 1090. The lowest BCUT2D eigenvalue weighted by atomic mass is 10.2. The predicted molar refractivity (Wildman–Crippen MR) is 103 cm³/mol. The second-order valence-corrected chi connectivity index (χ2v) is 9.24. The van der Waals surface area contributed by atoms with Gasteiger partial charge in [0.25, 0.3) is 5.95 Å². The fourth-order valence-corrected chi connectivity index (χ4v) is 3.99. The van der Waals surface area contributed by atoms with Crippen LogP contribution in [0.15, 0.2) is 33.7 Å². The van der Waals surface area contributed by atoms with E-state index in [9.17, 15) is 8.42 Å². The molecule has 0 N–H and O–H groups in total. The van der Waals surface area contributed by atoms with E-state index in [1.54, 1.807) is 33.8 Å². The topological polar surface area (TPSA) is 123 Å². The summed E-state index contributed by atoms with van der Waals surface area (Å²) in [6.45, 7) is 1.37. The summed E-state index contributed by atoms with van der Waals surface area (Å²) in [5.74, 6) is 1.78. The highest BCUT2D eigenvalue weighted by Crippen LogP contribution is 2.32. The molecule has 1 saturated heterocycles. The second kappa shape index (κ2) is 7.52. The van der Waals surface area contributed by atoms with E-state index in [-0.39, 0.29) is 10.9 Å². The third-order valence-corrected chi connectivity index (χ3v) is 6.00. The number of sulfone groups is 1. The molecule has 0 unspecified atom stereocenters. The minimum absolute atomic E-state index is 0.00830. The van der Waals surface area contributed by atoms with Gasteiger partial charge in [0, 0.05) is 20.4 Å². The molecule has 12 heteroatoms. The summed E-state index contributed by atoms with van der Waals surface area (Å²) in [4.78, 5) is 8.74. The standard InChI is InChI=1S/C17H22N8O3S/c1-23(2)17-18-16(28-20-17)14-5-4-10-24(14)11-15-19-21-22-25(15)12-6-8-13(9-7-12)29(3,26)27/h6-9,14H,4-5,10-11H2,1-3H3/t14-/m1/s1. The first-order chi connectivity index (χ1) is 13.8. The fourth-order valence-electron chi connectivity index (χ4n) is 3.36. The van der Waals surface area contributed by atoms with Crippen molar-refractivity contribution in [1.82, 2.24) is 35.2 Å². The van der Waals surface area contributed by atoms with Crippen LogP contribution in [0.25, 0.3) is 5.69 Å². The van der Waals surface area contributed by atoms with E-state index >= 15 is 0 Å². The van der Waals surface area contributed by atoms with Gasteiger partial charge in [0.15, 0.2) is 15.7 Å². The molecule has 0 radical (unpaired) electrons. The molecular formula is C17H22N8O3S. The molecule has 1 fully saturated rings. The van der Waals surface area contributed by atoms with E-state index in [1.807, 2.05) is 14.1 Å². The zero-order valence-corrected chi connectivity index (χ0v) is 17.2. The third-order valence-electron chi connectivity index (χ3n) is 4.87. The molecular weight excluding hydrogens is 396 g/mol. The van der Waals surface area contributed by atoms with Gasteiger partial charge in [0.1, 0.15) is 0 Å². The minimum atomic E-state index is -3.26. The lowest BCUT2D eigenvalue weighted by Gasteiger charge is -2.20. The van der Waals surface area contributed by atoms with Crippen molar-refractivity contribution in [2.45, 2.75) is 30.3 Å². The van der Waals surface area contributed by atoms with Crippen molar-refractivity contribution in [2.75, 3.05) is 31.8 Å². The van der Waals surface area contributed by atoms with Gasteiger partial charge in [-0.05, 0) is 59.2 Å². The van der Waals surface area contributed by atoms with Crippen molar-refractivity contribution in [3.8, 4) is 5.69 Å². The van der Waals surface area contributed by atoms with E-state index < -0.39 is 9.84 Å². The zero-order valence-electron chi connectivity index (χ0n) is 16.4. The van der Waals surface area contributed by atoms with Crippen molar-refractivity contribution < 1.29 is 12.9 Å². The van der Waals surface area contributed by atoms with E-state index in [0.29, 0.717) is 29.9 Å². The van der Waals surface area contributed by atoms with Crippen LogP contribution >= 0.6 is 0 Å². The summed E-state index contributed by atoms with van der Waals surface area (Å²) in [5.41, 5.74) is 0.695. The number of hydrogen-bond donors (Lipinski definition) is 0. The van der Waals surface area contributed by atoms with Crippen molar-refractivity contribution in [2.24, 2.45) is 0 Å². The summed E-state index contributed by atoms with van der Waals surface area (Å²) in [6, 6.07) is 6.50. The van der Waals surface area contributed by atoms with E-state index in [4.69, 9.17) is 4.52 Å². The van der Waals surface area contributed by atoms with E-state index in [1.165, 1.54) is 6.26 Å². The summed E-state index contributed by atoms with van der Waals surface area (Å²) >= 11 is 0. The summed E-state index contributed by atoms with van der Waals surface area (Å²) in [7, 11) is 0.475. The quantitative estimate of drug-likeness (QED) is 0.569. The van der Waals surface area contributed by atoms with Gasteiger partial charge in [-0.1, -0.05) is 0 Å². The van der Waals surface area contributed by atoms with Crippen LogP contribution in [-0.2, 0) is 16.4 Å². The highest BCUT2D eigenvalue weighted by atomic mass is 32.2. The molecule has 1 aromatic carbocycles. The zero-order chi connectivity index (χ0) is 20.6. The Morgan fingerprint density at radius 2 is 2.00 bits per heavy atom. The fraction of sp³-hybridized carbons (Fsp3) is 0.471. The number of benzene rings is 1. The molecule has 1 aliphatic rings. The van der Waals surface area contributed by atoms with Crippen LogP contribution in [0.1, 0.15) is 30.6 Å². The van der Waals surface area contributed by atoms with Crippen LogP contribution in [0.4, 0.5) is 5.95 Å². The number of likely N-dealkylation sites (tertiary alicyclic amines) is 1. The molecule has 3 heterocycles. The van der Waals surface area contributed by atoms with Crippen LogP contribution in [0.3, 0.4) is 0 Å². The molecule has 3 aromatic rings. The van der Waals surface area contributed by atoms with Crippen LogP contribution in [0.2, 0.25) is 0 Å². The van der Waals surface area contributed by atoms with Crippen molar-refractivity contribution in [3.05, 3.63) is 36.0 Å². The lowest BCUT2D eigenvalue weighted by molar-refractivity contribution is 0.196. The molecule has 0 amide bonds. The Labute approximate surface area is 168 Å². The van der Waals surface area contributed by atoms with Crippen molar-refractivity contribution in [3.63, 3.8) is 0 Å². The van der Waals surface area contributed by atoms with Crippen LogP contribution in [0, 0.1) is 0 Å². The molecule has 0 spiro atoms. The molecule has 11 nitrogen and oxygen atoms in total. The molecule has 29 heavy (non-hydrogen) atoms. The molecule has 0 saturated carbocycles. The summed E-state index contributed by atoms with van der Waals surface area (Å²) < 4.78 is 30.4. The van der Waals surface area contributed by atoms with Gasteiger partial charge in [0.2, 0.25) is 5.89 Å². The van der Waals surface area contributed by atoms with Gasteiger partial charge < -0.3 is 9.42 Å². The Morgan fingerprint density at radius 1 is 1.24 bits per heavy atom. The first-order valence-corrected chi connectivity index (χ1v) is 11.0. The Balaban J connectivity index is 1.55. The van der Waals surface area contributed by atoms with Crippen molar-refractivity contribution >= 4 is 15.8 Å². The number of rotatable bonds is 6. The Hall–Kier alpha value is -2.86. The first-order valence-electron chi connectivity index (χ1n) is 9.15. The molecule has 154 valence electrons. The maximum Gasteiger partial charge on any atom is 0.265 e. The maximum atomic E-state index is 11.7. The SMILES string of the molecule is CN(C)c1noc([C@H]2CCCN2Cc2nnnn2-c2ccc(S(C)(=O)=O)cc2)n1. The van der Waals surface area contributed by atoms with Crippen molar-refractivity contribution in [1.29, 1.82) is 0 Å². The number of anilines is 1. The van der Waals surface area contributed by atoms with E-state index in [2.05, 4.69) is 30.6 Å². The molecule has 2 aromatic heterocycles. The monoisotopic (exact) mass is 418 g/mol. The Morgan fingerprint density at radius 3 is 2.66 bits per heavy atom. The largest absolute Gasteiger partial charge is 0.344 e. The van der Waals surface area contributed by atoms with Crippen LogP contribution < -0.4 is 4.90 Å². The minimum Gasteiger partial charge on any atom is -0.344 e. The summed E-state index contributed by atoms with van der Waals surface area (Å²) in [6.07, 6.45) is 3.10. The second-order valence-electron chi connectivity index (χ2n) is 7.23. The molecule has 1 atom stereocenters. The van der Waals surface area contributed by atoms with E-state index in [0.717, 1.165) is 19.4 Å². The number of hydrogen-bond acceptors (Lipinski definition) is 10. The van der Waals surface area contributed by atoms with Crippen LogP contribution in [-0.4, -0.2) is 70.6 Å². The number of aromatic nitrogens is 6. The third kappa shape index (κ3) is 3.98. The van der Waals surface area contributed by atoms with Gasteiger partial charge in [-0.15, -0.1) is 5.10 Å². The average Bonchev–Trinajstić information content (AvgIpc) is 3.42. The van der Waals surface area contributed by atoms with Gasteiger partial charge in [-0.2, -0.15) is 9.67 Å². The maximum absolute atomic E-state index is 11.7. The normalized spacial score (nSPS) is 17.7. The highest BCUT2D eigenvalue weighted by molar-refractivity contribution is 7.90. The molecule has 0 aliphatic carbocycles. The van der Waals surface area contributed by atoms with Gasteiger partial charge in [-0.25, -0.2) is 8.42 Å². The van der Waals surface area contributed by atoms with Gasteiger partial charge in [0.05, 0.1) is 23.2 Å². The molecule has 0 bridgehead atoms. The van der Waals surface area contributed by atoms with Crippen LogP contribution in [0.5, 0.6) is 0 Å². The smallest absolute Gasteiger partial charge is 0.265 e. The summed E-state index contributed by atoms with van der Waals surface area (Å²) in [5, 5.41) is 16.0. The molecule has 1 aliphatic heterocycles. The average molecular weight is 418 g/mol. The number of nitrogens with zero attached hydrogens (tertiary/aromatic N) is 8. The molecule has 4 rings (SSSR count). The first kappa shape index (κ1) is 19.5. The van der Waals surface area contributed by atoms with Gasteiger partial charge in [-0.3, -0.25) is 4.90 Å². The van der Waals surface area contributed by atoms with Gasteiger partial charge >= 0.3 is 0 Å². The predicted octanol–water partition coefficient (Wildman–Crippen LogP) is 0.852. The lowest BCUT2D eigenvalue weighted by Crippen LogP contribution is -2.25. The number of tetrazole rings is 1. The Kier molecular flexibility index (Phi) is 5.04.